The normalized spacial score (nSPS) is 11.1. The molecule has 0 atom stereocenters. The van der Waals surface area contributed by atoms with Crippen LogP contribution in [0, 0.1) is 0 Å². The minimum atomic E-state index is -3.95. The molecule has 0 aliphatic rings. The summed E-state index contributed by atoms with van der Waals surface area (Å²) in [5, 5.41) is 9.35. The number of aromatic nitrogens is 1. The summed E-state index contributed by atoms with van der Waals surface area (Å²) in [6, 6.07) is 6.80. The number of nitrogens with zero attached hydrogens (tertiary/aromatic N) is 1. The molecule has 1 heterocycles. The van der Waals surface area contributed by atoms with Gasteiger partial charge in [-0.25, -0.2) is 18.2 Å². The largest absolute Gasteiger partial charge is 0.476 e. The number of halogens is 2. The average molecular weight is 392 g/mol. The molecule has 110 valence electrons. The molecule has 0 aliphatic carbocycles. The quantitative estimate of drug-likeness (QED) is 0.835. The molecule has 0 bridgehead atoms. The summed E-state index contributed by atoms with van der Waals surface area (Å²) >= 11 is 8.94. The molecular weight excluding hydrogens is 384 g/mol. The number of sulfonamides is 1. The summed E-state index contributed by atoms with van der Waals surface area (Å²) < 4.78 is 27.1. The van der Waals surface area contributed by atoms with E-state index in [4.69, 9.17) is 16.7 Å². The molecule has 0 amide bonds. The second-order valence-corrected chi connectivity index (χ2v) is 6.83. The van der Waals surface area contributed by atoms with Crippen LogP contribution < -0.4 is 4.72 Å². The number of carboxylic acid groups (broad SMARTS) is 1. The zero-order valence-corrected chi connectivity index (χ0v) is 13.4. The van der Waals surface area contributed by atoms with Crippen molar-refractivity contribution >= 4 is 49.2 Å². The molecule has 0 saturated heterocycles. The molecule has 0 radical (unpaired) electrons. The number of hydrogen-bond acceptors (Lipinski definition) is 4. The first-order chi connectivity index (χ1) is 9.81. The van der Waals surface area contributed by atoms with Crippen LogP contribution in [0.3, 0.4) is 0 Å². The van der Waals surface area contributed by atoms with Gasteiger partial charge >= 0.3 is 5.97 Å². The van der Waals surface area contributed by atoms with Gasteiger partial charge in [-0.1, -0.05) is 11.6 Å². The number of benzene rings is 1. The van der Waals surface area contributed by atoms with Crippen LogP contribution in [0.5, 0.6) is 0 Å². The molecule has 9 heteroatoms. The Morgan fingerprint density at radius 3 is 2.67 bits per heavy atom. The monoisotopic (exact) mass is 390 g/mol. The third-order valence-electron chi connectivity index (χ3n) is 2.46. The predicted octanol–water partition coefficient (Wildman–Crippen LogP) is 3.00. The van der Waals surface area contributed by atoms with Crippen LogP contribution in [0.15, 0.2) is 45.9 Å². The summed E-state index contributed by atoms with van der Waals surface area (Å²) in [4.78, 5) is 14.6. The highest BCUT2D eigenvalue weighted by atomic mass is 79.9. The van der Waals surface area contributed by atoms with Gasteiger partial charge in [0.2, 0.25) is 0 Å². The van der Waals surface area contributed by atoms with Crippen LogP contribution in [0.25, 0.3) is 0 Å². The van der Waals surface area contributed by atoms with Gasteiger partial charge in [-0.15, -0.1) is 0 Å². The Morgan fingerprint density at radius 2 is 2.05 bits per heavy atom. The lowest BCUT2D eigenvalue weighted by Gasteiger charge is -2.10. The van der Waals surface area contributed by atoms with E-state index in [1.807, 2.05) is 0 Å². The van der Waals surface area contributed by atoms with E-state index in [2.05, 4.69) is 25.6 Å². The first-order valence-corrected chi connectivity index (χ1v) is 8.13. The Morgan fingerprint density at radius 1 is 1.33 bits per heavy atom. The molecule has 0 spiro atoms. The minimum absolute atomic E-state index is 0.0565. The van der Waals surface area contributed by atoms with Gasteiger partial charge in [-0.05, 0) is 46.3 Å². The molecule has 6 nitrogen and oxygen atoms in total. The van der Waals surface area contributed by atoms with Crippen molar-refractivity contribution in [2.75, 3.05) is 4.72 Å². The standard InChI is InChI=1S/C12H8BrClN2O4S/c13-8-6-7(3-4-9(8)14)21(19,20)16-10-2-1-5-15-11(10)12(17)18/h1-6,16H,(H,17,18). The molecule has 0 saturated carbocycles. The maximum Gasteiger partial charge on any atom is 0.356 e. The van der Waals surface area contributed by atoms with Crippen LogP contribution >= 0.6 is 27.5 Å². The molecule has 1 aromatic carbocycles. The first kappa shape index (κ1) is 15.7. The number of pyridine rings is 1. The predicted molar refractivity (Wildman–Crippen MR) is 81.2 cm³/mol. The van der Waals surface area contributed by atoms with E-state index in [1.54, 1.807) is 0 Å². The van der Waals surface area contributed by atoms with Crippen molar-refractivity contribution in [3.8, 4) is 0 Å². The van der Waals surface area contributed by atoms with Gasteiger partial charge in [-0.2, -0.15) is 0 Å². The average Bonchev–Trinajstić information content (AvgIpc) is 2.41. The molecule has 0 aliphatic heterocycles. The van der Waals surface area contributed by atoms with E-state index in [9.17, 15) is 13.2 Å². The number of anilines is 1. The first-order valence-electron chi connectivity index (χ1n) is 5.47. The number of nitrogens with one attached hydrogen (secondary N) is 1. The highest BCUT2D eigenvalue weighted by Gasteiger charge is 2.19. The summed E-state index contributed by atoms with van der Waals surface area (Å²) in [5.74, 6) is -1.33. The Bertz CT molecular complexity index is 811. The van der Waals surface area contributed by atoms with E-state index in [1.165, 1.54) is 36.5 Å². The fourth-order valence-corrected chi connectivity index (χ4v) is 3.25. The van der Waals surface area contributed by atoms with E-state index in [0.717, 1.165) is 0 Å². The van der Waals surface area contributed by atoms with Crippen LogP contribution in [0.2, 0.25) is 5.02 Å². The van der Waals surface area contributed by atoms with Crippen molar-refractivity contribution in [1.29, 1.82) is 0 Å². The minimum Gasteiger partial charge on any atom is -0.476 e. The van der Waals surface area contributed by atoms with Gasteiger partial charge < -0.3 is 5.11 Å². The van der Waals surface area contributed by atoms with Gasteiger partial charge in [0.1, 0.15) is 0 Å². The van der Waals surface area contributed by atoms with Gasteiger partial charge in [0, 0.05) is 10.7 Å². The molecular formula is C12H8BrClN2O4S. The molecule has 2 N–H and O–H groups in total. The van der Waals surface area contributed by atoms with Crippen molar-refractivity contribution in [3.63, 3.8) is 0 Å². The Balaban J connectivity index is 2.42. The molecule has 21 heavy (non-hydrogen) atoms. The zero-order valence-electron chi connectivity index (χ0n) is 10.2. The lowest BCUT2D eigenvalue weighted by molar-refractivity contribution is 0.0692. The number of aromatic carboxylic acids is 1. The second kappa shape index (κ2) is 6.00. The topological polar surface area (TPSA) is 96.4 Å². The number of hydrogen-bond donors (Lipinski definition) is 2. The van der Waals surface area contributed by atoms with Crippen LogP contribution in [0.4, 0.5) is 5.69 Å². The van der Waals surface area contributed by atoms with Gasteiger partial charge in [-0.3, -0.25) is 4.72 Å². The van der Waals surface area contributed by atoms with E-state index in [-0.39, 0.29) is 16.3 Å². The summed E-state index contributed by atoms with van der Waals surface area (Å²) in [5.41, 5.74) is -0.495. The van der Waals surface area contributed by atoms with Crippen molar-refractivity contribution < 1.29 is 18.3 Å². The lowest BCUT2D eigenvalue weighted by atomic mass is 10.3. The zero-order chi connectivity index (χ0) is 15.6. The SMILES string of the molecule is O=C(O)c1ncccc1NS(=O)(=O)c1ccc(Cl)c(Br)c1. The summed E-state index contributed by atoms with van der Waals surface area (Å²) in [7, 11) is -3.95. The molecule has 0 unspecified atom stereocenters. The Labute approximate surface area is 134 Å². The fraction of sp³-hybridized carbons (Fsp3) is 0. The smallest absolute Gasteiger partial charge is 0.356 e. The van der Waals surface area contributed by atoms with Crippen LogP contribution in [0.1, 0.15) is 10.5 Å². The van der Waals surface area contributed by atoms with Gasteiger partial charge in [0.15, 0.2) is 5.69 Å². The van der Waals surface area contributed by atoms with Crippen molar-refractivity contribution in [2.45, 2.75) is 4.90 Å². The summed E-state index contributed by atoms with van der Waals surface area (Å²) in [6.45, 7) is 0. The third-order valence-corrected chi connectivity index (χ3v) is 5.03. The van der Waals surface area contributed by atoms with E-state index in [0.29, 0.717) is 9.50 Å². The van der Waals surface area contributed by atoms with E-state index < -0.39 is 16.0 Å². The molecule has 1 aromatic heterocycles. The molecule has 2 aromatic rings. The van der Waals surface area contributed by atoms with Crippen LogP contribution in [-0.2, 0) is 10.0 Å². The Kier molecular flexibility index (Phi) is 4.50. The van der Waals surface area contributed by atoms with Gasteiger partial charge in [0.25, 0.3) is 10.0 Å². The third kappa shape index (κ3) is 3.52. The maximum atomic E-state index is 12.2. The summed E-state index contributed by atoms with van der Waals surface area (Å²) in [6.07, 6.45) is 1.26. The van der Waals surface area contributed by atoms with Crippen molar-refractivity contribution in [2.24, 2.45) is 0 Å². The fourth-order valence-electron chi connectivity index (χ4n) is 1.51. The molecule has 0 fully saturated rings. The maximum absolute atomic E-state index is 12.2. The Hall–Kier alpha value is -1.64. The number of carboxylic acids is 1. The van der Waals surface area contributed by atoms with Crippen molar-refractivity contribution in [1.82, 2.24) is 4.98 Å². The lowest BCUT2D eigenvalue weighted by Crippen LogP contribution is -2.16. The number of carbonyl (C=O) groups is 1. The highest BCUT2D eigenvalue weighted by Crippen LogP contribution is 2.26. The molecule has 2 rings (SSSR count). The van der Waals surface area contributed by atoms with Crippen LogP contribution in [-0.4, -0.2) is 24.5 Å². The second-order valence-electron chi connectivity index (χ2n) is 3.89. The van der Waals surface area contributed by atoms with E-state index >= 15 is 0 Å². The van der Waals surface area contributed by atoms with Gasteiger partial charge in [0.05, 0.1) is 15.6 Å². The highest BCUT2D eigenvalue weighted by molar-refractivity contribution is 9.10. The van der Waals surface area contributed by atoms with Crippen molar-refractivity contribution in [3.05, 3.63) is 51.7 Å². The number of rotatable bonds is 4.